The summed E-state index contributed by atoms with van der Waals surface area (Å²) in [5.74, 6) is 0.855. The van der Waals surface area contributed by atoms with E-state index in [1.54, 1.807) is 0 Å². The SMILES string of the molecule is COC(=O)C1CCCN(CCOc2cc(C)cc(C)c2)C1. The second-order valence-corrected chi connectivity index (χ2v) is 5.83. The van der Waals surface area contributed by atoms with Crippen molar-refractivity contribution in [1.82, 2.24) is 4.90 Å². The number of aryl methyl sites for hydroxylation is 2. The third-order valence-corrected chi connectivity index (χ3v) is 3.91. The van der Waals surface area contributed by atoms with E-state index in [-0.39, 0.29) is 11.9 Å². The lowest BCUT2D eigenvalue weighted by atomic mass is 9.98. The molecule has 0 amide bonds. The number of rotatable bonds is 5. The van der Waals surface area contributed by atoms with Crippen LogP contribution >= 0.6 is 0 Å². The molecule has 1 saturated heterocycles. The van der Waals surface area contributed by atoms with E-state index in [4.69, 9.17) is 9.47 Å². The third kappa shape index (κ3) is 4.74. The number of nitrogens with zero attached hydrogens (tertiary/aromatic N) is 1. The van der Waals surface area contributed by atoms with Crippen molar-refractivity contribution in [3.8, 4) is 5.75 Å². The van der Waals surface area contributed by atoms with Gasteiger partial charge in [-0.05, 0) is 56.5 Å². The molecule has 1 aromatic carbocycles. The van der Waals surface area contributed by atoms with E-state index < -0.39 is 0 Å². The lowest BCUT2D eigenvalue weighted by Crippen LogP contribution is -2.41. The minimum Gasteiger partial charge on any atom is -0.492 e. The molecule has 1 atom stereocenters. The molecule has 1 aliphatic heterocycles. The maximum Gasteiger partial charge on any atom is 0.309 e. The zero-order valence-corrected chi connectivity index (χ0v) is 13.2. The number of methoxy groups -OCH3 is 1. The Bertz CT molecular complexity index is 467. The zero-order valence-electron chi connectivity index (χ0n) is 13.2. The number of benzene rings is 1. The van der Waals surface area contributed by atoms with Gasteiger partial charge < -0.3 is 9.47 Å². The summed E-state index contributed by atoms with van der Waals surface area (Å²) in [6.07, 6.45) is 1.98. The van der Waals surface area contributed by atoms with Crippen LogP contribution in [0.25, 0.3) is 0 Å². The summed E-state index contributed by atoms with van der Waals surface area (Å²) in [5.41, 5.74) is 2.43. The molecule has 1 heterocycles. The first-order chi connectivity index (χ1) is 10.1. The predicted octanol–water partition coefficient (Wildman–Crippen LogP) is 2.57. The van der Waals surface area contributed by atoms with E-state index in [0.29, 0.717) is 6.61 Å². The van der Waals surface area contributed by atoms with Crippen LogP contribution in [0.3, 0.4) is 0 Å². The van der Waals surface area contributed by atoms with Crippen LogP contribution in [0, 0.1) is 19.8 Å². The van der Waals surface area contributed by atoms with Gasteiger partial charge in [0.1, 0.15) is 12.4 Å². The van der Waals surface area contributed by atoms with E-state index in [0.717, 1.165) is 38.2 Å². The molecule has 1 aromatic rings. The fourth-order valence-electron chi connectivity index (χ4n) is 2.93. The summed E-state index contributed by atoms with van der Waals surface area (Å²) in [6.45, 7) is 7.46. The number of hydrogen-bond acceptors (Lipinski definition) is 4. The number of hydrogen-bond donors (Lipinski definition) is 0. The Morgan fingerprint density at radius 1 is 1.29 bits per heavy atom. The predicted molar refractivity (Wildman–Crippen MR) is 82.6 cm³/mol. The Labute approximate surface area is 127 Å². The maximum absolute atomic E-state index is 11.6. The molecule has 0 aromatic heterocycles. The molecule has 21 heavy (non-hydrogen) atoms. The lowest BCUT2D eigenvalue weighted by molar-refractivity contribution is -0.147. The molecule has 0 radical (unpaired) electrons. The van der Waals surface area contributed by atoms with Crippen molar-refractivity contribution in [2.45, 2.75) is 26.7 Å². The van der Waals surface area contributed by atoms with Crippen LogP contribution in [0.1, 0.15) is 24.0 Å². The Kier molecular flexibility index (Phi) is 5.62. The second-order valence-electron chi connectivity index (χ2n) is 5.83. The molecule has 2 rings (SSSR count). The van der Waals surface area contributed by atoms with E-state index in [2.05, 4.69) is 36.9 Å². The van der Waals surface area contributed by atoms with Crippen molar-refractivity contribution >= 4 is 5.97 Å². The van der Waals surface area contributed by atoms with E-state index >= 15 is 0 Å². The minimum atomic E-state index is -0.0880. The number of esters is 1. The fraction of sp³-hybridized carbons (Fsp3) is 0.588. The molecular formula is C17H25NO3. The highest BCUT2D eigenvalue weighted by Crippen LogP contribution is 2.19. The summed E-state index contributed by atoms with van der Waals surface area (Å²) < 4.78 is 10.7. The van der Waals surface area contributed by atoms with Crippen LogP contribution in [0.4, 0.5) is 0 Å². The van der Waals surface area contributed by atoms with E-state index in [1.807, 2.05) is 0 Å². The van der Waals surface area contributed by atoms with E-state index in [9.17, 15) is 4.79 Å². The Morgan fingerprint density at radius 3 is 2.67 bits per heavy atom. The summed E-state index contributed by atoms with van der Waals surface area (Å²) in [6, 6.07) is 6.25. The van der Waals surface area contributed by atoms with Gasteiger partial charge in [0.05, 0.1) is 13.0 Å². The van der Waals surface area contributed by atoms with Gasteiger partial charge in [-0.1, -0.05) is 6.07 Å². The highest BCUT2D eigenvalue weighted by atomic mass is 16.5. The quantitative estimate of drug-likeness (QED) is 0.782. The largest absolute Gasteiger partial charge is 0.492 e. The molecule has 4 heteroatoms. The average Bonchev–Trinajstić information content (AvgIpc) is 2.46. The monoisotopic (exact) mass is 291 g/mol. The van der Waals surface area contributed by atoms with Crippen molar-refractivity contribution in [3.05, 3.63) is 29.3 Å². The fourth-order valence-corrected chi connectivity index (χ4v) is 2.93. The van der Waals surface area contributed by atoms with Crippen LogP contribution < -0.4 is 4.74 Å². The van der Waals surface area contributed by atoms with Crippen molar-refractivity contribution in [1.29, 1.82) is 0 Å². The molecule has 0 bridgehead atoms. The Hall–Kier alpha value is -1.55. The van der Waals surface area contributed by atoms with Gasteiger partial charge in [-0.25, -0.2) is 0 Å². The molecule has 0 N–H and O–H groups in total. The summed E-state index contributed by atoms with van der Waals surface area (Å²) in [7, 11) is 1.46. The molecule has 1 aliphatic rings. The van der Waals surface area contributed by atoms with Gasteiger partial charge in [0.15, 0.2) is 0 Å². The summed E-state index contributed by atoms with van der Waals surface area (Å²) in [4.78, 5) is 13.9. The smallest absolute Gasteiger partial charge is 0.309 e. The van der Waals surface area contributed by atoms with Crippen molar-refractivity contribution in [3.63, 3.8) is 0 Å². The first kappa shape index (κ1) is 15.8. The van der Waals surface area contributed by atoms with Gasteiger partial charge >= 0.3 is 5.97 Å². The molecule has 4 nitrogen and oxygen atoms in total. The number of likely N-dealkylation sites (tertiary alicyclic amines) is 1. The third-order valence-electron chi connectivity index (χ3n) is 3.91. The van der Waals surface area contributed by atoms with Gasteiger partial charge in [-0.15, -0.1) is 0 Å². The van der Waals surface area contributed by atoms with Crippen LogP contribution in [-0.2, 0) is 9.53 Å². The lowest BCUT2D eigenvalue weighted by Gasteiger charge is -2.31. The highest BCUT2D eigenvalue weighted by Gasteiger charge is 2.26. The molecule has 0 aliphatic carbocycles. The van der Waals surface area contributed by atoms with Gasteiger partial charge in [0.2, 0.25) is 0 Å². The first-order valence-electron chi connectivity index (χ1n) is 7.60. The van der Waals surface area contributed by atoms with Crippen LogP contribution in [-0.4, -0.2) is 44.2 Å². The summed E-state index contributed by atoms with van der Waals surface area (Å²) >= 11 is 0. The van der Waals surface area contributed by atoms with Crippen molar-refractivity contribution < 1.29 is 14.3 Å². The van der Waals surface area contributed by atoms with Gasteiger partial charge in [-0.3, -0.25) is 9.69 Å². The molecule has 0 saturated carbocycles. The molecular weight excluding hydrogens is 266 g/mol. The standard InChI is InChI=1S/C17H25NO3/c1-13-9-14(2)11-16(10-13)21-8-7-18-6-4-5-15(12-18)17(19)20-3/h9-11,15H,4-8,12H2,1-3H3. The van der Waals surface area contributed by atoms with Crippen LogP contribution in [0.15, 0.2) is 18.2 Å². The average molecular weight is 291 g/mol. The highest BCUT2D eigenvalue weighted by molar-refractivity contribution is 5.72. The summed E-state index contributed by atoms with van der Waals surface area (Å²) in [5, 5.41) is 0. The van der Waals surface area contributed by atoms with Crippen molar-refractivity contribution in [2.24, 2.45) is 5.92 Å². The van der Waals surface area contributed by atoms with Gasteiger partial charge in [0, 0.05) is 13.1 Å². The zero-order chi connectivity index (χ0) is 15.2. The van der Waals surface area contributed by atoms with Gasteiger partial charge in [-0.2, -0.15) is 0 Å². The number of carbonyl (C=O) groups excluding carboxylic acids is 1. The van der Waals surface area contributed by atoms with Crippen molar-refractivity contribution in [2.75, 3.05) is 33.4 Å². The Balaban J connectivity index is 1.79. The molecule has 1 fully saturated rings. The number of ether oxygens (including phenoxy) is 2. The Morgan fingerprint density at radius 2 is 2.00 bits per heavy atom. The molecule has 1 unspecified atom stereocenters. The second kappa shape index (κ2) is 7.46. The van der Waals surface area contributed by atoms with E-state index in [1.165, 1.54) is 18.2 Å². The normalized spacial score (nSPS) is 19.3. The molecule has 116 valence electrons. The van der Waals surface area contributed by atoms with Gasteiger partial charge in [0.25, 0.3) is 0 Å². The molecule has 0 spiro atoms. The number of piperidine rings is 1. The van der Waals surface area contributed by atoms with Crippen LogP contribution in [0.2, 0.25) is 0 Å². The first-order valence-corrected chi connectivity index (χ1v) is 7.60. The van der Waals surface area contributed by atoms with Crippen LogP contribution in [0.5, 0.6) is 5.75 Å². The minimum absolute atomic E-state index is 0.0185. The maximum atomic E-state index is 11.6. The number of carbonyl (C=O) groups is 1. The topological polar surface area (TPSA) is 38.8 Å².